The summed E-state index contributed by atoms with van der Waals surface area (Å²) in [5.41, 5.74) is 3.18. The highest BCUT2D eigenvalue weighted by molar-refractivity contribution is 9.10. The van der Waals surface area contributed by atoms with E-state index in [1.165, 1.54) is 0 Å². The molecule has 3 rings (SSSR count). The van der Waals surface area contributed by atoms with Gasteiger partial charge in [-0.2, -0.15) is 0 Å². The van der Waals surface area contributed by atoms with E-state index in [4.69, 9.17) is 32.7 Å². The first kappa shape index (κ1) is 22.0. The lowest BCUT2D eigenvalue weighted by Crippen LogP contribution is -2.18. The third-order valence-electron chi connectivity index (χ3n) is 4.50. The second kappa shape index (κ2) is 10.9. The Kier molecular flexibility index (Phi) is 8.25. The molecule has 3 nitrogen and oxygen atoms in total. The predicted molar refractivity (Wildman–Crippen MR) is 123 cm³/mol. The van der Waals surface area contributed by atoms with Crippen LogP contribution in [0.4, 0.5) is 0 Å². The van der Waals surface area contributed by atoms with Crippen molar-refractivity contribution in [3.05, 3.63) is 91.9 Å². The molecule has 0 fully saturated rings. The van der Waals surface area contributed by atoms with Gasteiger partial charge in [0.1, 0.15) is 6.61 Å². The highest BCUT2D eigenvalue weighted by atomic mass is 79.9. The van der Waals surface area contributed by atoms with Crippen LogP contribution in [0.2, 0.25) is 10.0 Å². The lowest BCUT2D eigenvalue weighted by molar-refractivity contribution is 0.280. The molecule has 152 valence electrons. The Morgan fingerprint density at radius 2 is 1.79 bits per heavy atom. The molecule has 0 radical (unpaired) electrons. The zero-order chi connectivity index (χ0) is 20.6. The van der Waals surface area contributed by atoms with Gasteiger partial charge < -0.3 is 14.8 Å². The van der Waals surface area contributed by atoms with E-state index in [0.29, 0.717) is 28.9 Å². The summed E-state index contributed by atoms with van der Waals surface area (Å²) in [6.07, 6.45) is 0.803. The molecule has 0 saturated heterocycles. The van der Waals surface area contributed by atoms with Gasteiger partial charge in [0.25, 0.3) is 0 Å². The molecular weight excluding hydrogens is 473 g/mol. The second-order valence-electron chi connectivity index (χ2n) is 6.49. The average molecular weight is 495 g/mol. The van der Waals surface area contributed by atoms with Crippen molar-refractivity contribution in [1.82, 2.24) is 5.32 Å². The zero-order valence-corrected chi connectivity index (χ0v) is 19.2. The standard InChI is InChI=1S/C23H22BrCl2NO2/c1-28-22-10-9-20(24)19(23(22)29-15-16-5-3-2-4-6-16)14-27-12-11-17-7-8-18(25)13-21(17)26/h2-10,13,27H,11-12,14-15H2,1H3. The van der Waals surface area contributed by atoms with E-state index in [1.54, 1.807) is 13.2 Å². The summed E-state index contributed by atoms with van der Waals surface area (Å²) in [7, 11) is 1.65. The Bertz CT molecular complexity index is 951. The van der Waals surface area contributed by atoms with Crippen LogP contribution in [0.5, 0.6) is 11.5 Å². The molecule has 29 heavy (non-hydrogen) atoms. The fraction of sp³-hybridized carbons (Fsp3) is 0.217. The molecule has 0 atom stereocenters. The fourth-order valence-electron chi connectivity index (χ4n) is 2.96. The van der Waals surface area contributed by atoms with E-state index in [9.17, 15) is 0 Å². The third-order valence-corrected chi connectivity index (χ3v) is 5.83. The maximum atomic E-state index is 6.26. The van der Waals surface area contributed by atoms with E-state index in [0.717, 1.165) is 39.9 Å². The van der Waals surface area contributed by atoms with Crippen LogP contribution >= 0.6 is 39.1 Å². The van der Waals surface area contributed by atoms with Crippen molar-refractivity contribution in [2.24, 2.45) is 0 Å². The molecule has 3 aromatic carbocycles. The van der Waals surface area contributed by atoms with Gasteiger partial charge in [0, 0.05) is 26.6 Å². The normalized spacial score (nSPS) is 10.8. The van der Waals surface area contributed by atoms with Crippen molar-refractivity contribution in [2.45, 2.75) is 19.6 Å². The summed E-state index contributed by atoms with van der Waals surface area (Å²) in [5.74, 6) is 1.45. The third kappa shape index (κ3) is 6.13. The van der Waals surface area contributed by atoms with Crippen LogP contribution in [-0.4, -0.2) is 13.7 Å². The van der Waals surface area contributed by atoms with E-state index in [1.807, 2.05) is 54.6 Å². The minimum Gasteiger partial charge on any atom is -0.493 e. The summed E-state index contributed by atoms with van der Waals surface area (Å²) in [5, 5.41) is 4.80. The number of halogens is 3. The number of hydrogen-bond donors (Lipinski definition) is 1. The van der Waals surface area contributed by atoms with Crippen LogP contribution in [0.15, 0.2) is 65.1 Å². The summed E-state index contributed by atoms with van der Waals surface area (Å²) in [4.78, 5) is 0. The van der Waals surface area contributed by atoms with Crippen LogP contribution in [0.25, 0.3) is 0 Å². The average Bonchev–Trinajstić information content (AvgIpc) is 2.73. The lowest BCUT2D eigenvalue weighted by Gasteiger charge is -2.17. The first-order valence-electron chi connectivity index (χ1n) is 9.25. The maximum Gasteiger partial charge on any atom is 0.167 e. The second-order valence-corrected chi connectivity index (χ2v) is 8.19. The van der Waals surface area contributed by atoms with Gasteiger partial charge in [0.15, 0.2) is 11.5 Å². The number of nitrogens with one attached hydrogen (secondary N) is 1. The monoisotopic (exact) mass is 493 g/mol. The summed E-state index contributed by atoms with van der Waals surface area (Å²) >= 11 is 15.9. The molecule has 0 bridgehead atoms. The van der Waals surface area contributed by atoms with E-state index in [2.05, 4.69) is 21.2 Å². The summed E-state index contributed by atoms with van der Waals surface area (Å²) < 4.78 is 12.6. The van der Waals surface area contributed by atoms with Gasteiger partial charge in [0.05, 0.1) is 7.11 Å². The van der Waals surface area contributed by atoms with E-state index < -0.39 is 0 Å². The van der Waals surface area contributed by atoms with Crippen molar-refractivity contribution >= 4 is 39.1 Å². The number of methoxy groups -OCH3 is 1. The van der Waals surface area contributed by atoms with Gasteiger partial charge in [-0.1, -0.05) is 75.5 Å². The van der Waals surface area contributed by atoms with Gasteiger partial charge in [-0.05, 0) is 48.4 Å². The molecule has 0 unspecified atom stereocenters. The number of benzene rings is 3. The molecule has 0 aliphatic heterocycles. The van der Waals surface area contributed by atoms with Crippen LogP contribution in [-0.2, 0) is 19.6 Å². The Hall–Kier alpha value is -1.72. The minimum atomic E-state index is 0.473. The fourth-order valence-corrected chi connectivity index (χ4v) is 3.91. The summed E-state index contributed by atoms with van der Waals surface area (Å²) in [6, 6.07) is 19.5. The van der Waals surface area contributed by atoms with Gasteiger partial charge >= 0.3 is 0 Å². The SMILES string of the molecule is COc1ccc(Br)c(CNCCc2ccc(Cl)cc2Cl)c1OCc1ccccc1. The molecule has 0 spiro atoms. The highest BCUT2D eigenvalue weighted by Gasteiger charge is 2.15. The van der Waals surface area contributed by atoms with Crippen molar-refractivity contribution < 1.29 is 9.47 Å². The number of hydrogen-bond acceptors (Lipinski definition) is 3. The first-order valence-corrected chi connectivity index (χ1v) is 10.8. The lowest BCUT2D eigenvalue weighted by atomic mass is 10.1. The topological polar surface area (TPSA) is 30.5 Å². The Morgan fingerprint density at radius 1 is 1.00 bits per heavy atom. The predicted octanol–water partition coefficient (Wildman–Crippen LogP) is 6.68. The molecule has 0 aliphatic carbocycles. The van der Waals surface area contributed by atoms with Gasteiger partial charge in [-0.15, -0.1) is 0 Å². The molecular formula is C23H22BrCl2NO2. The van der Waals surface area contributed by atoms with Crippen LogP contribution in [0.1, 0.15) is 16.7 Å². The molecule has 0 heterocycles. The number of ether oxygens (including phenoxy) is 2. The van der Waals surface area contributed by atoms with Crippen LogP contribution in [0.3, 0.4) is 0 Å². The molecule has 0 aromatic heterocycles. The van der Waals surface area contributed by atoms with Gasteiger partial charge in [-0.25, -0.2) is 0 Å². The molecule has 1 N–H and O–H groups in total. The molecule has 3 aromatic rings. The zero-order valence-electron chi connectivity index (χ0n) is 16.1. The molecule has 0 amide bonds. The minimum absolute atomic E-state index is 0.473. The molecule has 0 aliphatic rings. The largest absolute Gasteiger partial charge is 0.493 e. The van der Waals surface area contributed by atoms with Gasteiger partial charge in [0.2, 0.25) is 0 Å². The Labute approximate surface area is 190 Å². The molecule has 6 heteroatoms. The highest BCUT2D eigenvalue weighted by Crippen LogP contribution is 2.36. The summed E-state index contributed by atoms with van der Waals surface area (Å²) in [6.45, 7) is 1.87. The van der Waals surface area contributed by atoms with E-state index >= 15 is 0 Å². The first-order chi connectivity index (χ1) is 14.1. The van der Waals surface area contributed by atoms with Crippen molar-refractivity contribution in [3.63, 3.8) is 0 Å². The number of rotatable bonds is 9. The van der Waals surface area contributed by atoms with Crippen LogP contribution in [0, 0.1) is 0 Å². The Morgan fingerprint density at radius 3 is 2.52 bits per heavy atom. The van der Waals surface area contributed by atoms with Crippen molar-refractivity contribution in [1.29, 1.82) is 0 Å². The smallest absolute Gasteiger partial charge is 0.167 e. The Balaban J connectivity index is 1.67. The quantitative estimate of drug-likeness (QED) is 0.336. The molecule has 0 saturated carbocycles. The van der Waals surface area contributed by atoms with Crippen LogP contribution < -0.4 is 14.8 Å². The maximum absolute atomic E-state index is 6.26. The van der Waals surface area contributed by atoms with E-state index in [-0.39, 0.29) is 0 Å². The van der Waals surface area contributed by atoms with Crippen molar-refractivity contribution in [3.8, 4) is 11.5 Å². The van der Waals surface area contributed by atoms with Gasteiger partial charge in [-0.3, -0.25) is 0 Å². The van der Waals surface area contributed by atoms with Crippen molar-refractivity contribution in [2.75, 3.05) is 13.7 Å².